The van der Waals surface area contributed by atoms with Gasteiger partial charge >= 0.3 is 5.97 Å². The fourth-order valence-electron chi connectivity index (χ4n) is 2.54. The molecule has 3 nitrogen and oxygen atoms in total. The van der Waals surface area contributed by atoms with Gasteiger partial charge < -0.3 is 10.0 Å². The summed E-state index contributed by atoms with van der Waals surface area (Å²) in [7, 11) is 0. The molecule has 0 saturated heterocycles. The number of thiophene rings is 1. The molecular formula is C15H15NO2S. The molecule has 0 bridgehead atoms. The molecule has 1 N–H and O–H groups in total. The minimum atomic E-state index is -0.850. The third kappa shape index (κ3) is 2.24. The van der Waals surface area contributed by atoms with Crippen molar-refractivity contribution in [3.63, 3.8) is 0 Å². The topological polar surface area (TPSA) is 40.5 Å². The fraction of sp³-hybridized carbons (Fsp3) is 0.267. The van der Waals surface area contributed by atoms with E-state index in [0.29, 0.717) is 4.88 Å². The zero-order valence-corrected chi connectivity index (χ0v) is 11.5. The van der Waals surface area contributed by atoms with Crippen molar-refractivity contribution in [2.75, 3.05) is 11.4 Å². The van der Waals surface area contributed by atoms with Crippen LogP contribution in [0.15, 0.2) is 30.3 Å². The Labute approximate surface area is 116 Å². The van der Waals surface area contributed by atoms with Crippen molar-refractivity contribution in [3.05, 3.63) is 46.3 Å². The molecule has 2 aromatic rings. The largest absolute Gasteiger partial charge is 0.477 e. The van der Waals surface area contributed by atoms with E-state index in [1.165, 1.54) is 28.2 Å². The molecule has 2 heterocycles. The zero-order chi connectivity index (χ0) is 13.4. The maximum Gasteiger partial charge on any atom is 0.345 e. The number of aryl methyl sites for hydroxylation is 2. The van der Waals surface area contributed by atoms with Crippen molar-refractivity contribution < 1.29 is 9.90 Å². The van der Waals surface area contributed by atoms with Crippen LogP contribution >= 0.6 is 11.3 Å². The van der Waals surface area contributed by atoms with Crippen LogP contribution in [0.5, 0.6) is 0 Å². The number of nitrogens with zero attached hydrogens (tertiary/aromatic N) is 1. The average Bonchev–Trinajstić information content (AvgIpc) is 2.87. The highest BCUT2D eigenvalue weighted by Crippen LogP contribution is 2.37. The van der Waals surface area contributed by atoms with Crippen molar-refractivity contribution in [1.29, 1.82) is 0 Å². The van der Waals surface area contributed by atoms with Gasteiger partial charge in [0.05, 0.1) is 5.00 Å². The summed E-state index contributed by atoms with van der Waals surface area (Å²) in [6.45, 7) is 3.06. The first-order valence-corrected chi connectivity index (χ1v) is 7.17. The molecule has 1 aliphatic heterocycles. The van der Waals surface area contributed by atoms with Crippen molar-refractivity contribution in [1.82, 2.24) is 0 Å². The Hall–Kier alpha value is -1.81. The van der Waals surface area contributed by atoms with Gasteiger partial charge in [0.2, 0.25) is 0 Å². The van der Waals surface area contributed by atoms with E-state index in [-0.39, 0.29) is 0 Å². The Kier molecular flexibility index (Phi) is 3.03. The molecule has 19 heavy (non-hydrogen) atoms. The van der Waals surface area contributed by atoms with Crippen molar-refractivity contribution in [2.45, 2.75) is 19.8 Å². The number of hydrogen-bond acceptors (Lipinski definition) is 3. The summed E-state index contributed by atoms with van der Waals surface area (Å²) in [5.74, 6) is -0.850. The van der Waals surface area contributed by atoms with E-state index in [2.05, 4.69) is 30.0 Å². The van der Waals surface area contributed by atoms with Crippen LogP contribution < -0.4 is 4.90 Å². The monoisotopic (exact) mass is 273 g/mol. The summed E-state index contributed by atoms with van der Waals surface area (Å²) in [6, 6.07) is 10.1. The number of carboxylic acids is 1. The summed E-state index contributed by atoms with van der Waals surface area (Å²) in [5.41, 5.74) is 3.85. The Morgan fingerprint density at radius 2 is 2.16 bits per heavy atom. The lowest BCUT2D eigenvalue weighted by molar-refractivity contribution is 0.0702. The maximum absolute atomic E-state index is 11.0. The number of anilines is 2. The lowest BCUT2D eigenvalue weighted by atomic mass is 10.00. The fourth-order valence-corrected chi connectivity index (χ4v) is 3.43. The molecular weight excluding hydrogens is 258 g/mol. The number of hydrogen-bond donors (Lipinski definition) is 1. The smallest absolute Gasteiger partial charge is 0.345 e. The van der Waals surface area contributed by atoms with Crippen molar-refractivity contribution in [3.8, 4) is 0 Å². The zero-order valence-electron chi connectivity index (χ0n) is 10.7. The second-order valence-electron chi connectivity index (χ2n) is 4.83. The average molecular weight is 273 g/mol. The van der Waals surface area contributed by atoms with Gasteiger partial charge in [-0.25, -0.2) is 4.79 Å². The Morgan fingerprint density at radius 3 is 2.89 bits per heavy atom. The molecule has 3 rings (SSSR count). The van der Waals surface area contributed by atoms with Crippen LogP contribution in [0.25, 0.3) is 0 Å². The molecule has 0 unspecified atom stereocenters. The van der Waals surface area contributed by atoms with Gasteiger partial charge in [-0.2, -0.15) is 0 Å². The second kappa shape index (κ2) is 4.70. The highest BCUT2D eigenvalue weighted by Gasteiger charge is 2.20. The number of benzene rings is 1. The first-order valence-electron chi connectivity index (χ1n) is 6.35. The second-order valence-corrected chi connectivity index (χ2v) is 5.89. The van der Waals surface area contributed by atoms with Gasteiger partial charge in [-0.05, 0) is 43.5 Å². The van der Waals surface area contributed by atoms with E-state index in [1.807, 2.05) is 6.07 Å². The van der Waals surface area contributed by atoms with Gasteiger partial charge in [0.1, 0.15) is 4.88 Å². The molecule has 0 fully saturated rings. The molecule has 1 aliphatic rings. The number of fused-ring (bicyclic) bond motifs is 1. The first kappa shape index (κ1) is 12.2. The summed E-state index contributed by atoms with van der Waals surface area (Å²) >= 11 is 1.34. The van der Waals surface area contributed by atoms with Crippen LogP contribution in [-0.4, -0.2) is 17.6 Å². The quantitative estimate of drug-likeness (QED) is 0.903. The van der Waals surface area contributed by atoms with Crippen LogP contribution in [0, 0.1) is 6.92 Å². The molecule has 0 amide bonds. The number of aromatic carboxylic acids is 1. The van der Waals surface area contributed by atoms with Gasteiger partial charge in [0.15, 0.2) is 0 Å². The molecule has 98 valence electrons. The Morgan fingerprint density at radius 1 is 1.32 bits per heavy atom. The minimum Gasteiger partial charge on any atom is -0.477 e. The summed E-state index contributed by atoms with van der Waals surface area (Å²) in [4.78, 5) is 13.6. The van der Waals surface area contributed by atoms with Crippen LogP contribution in [0.2, 0.25) is 0 Å². The molecule has 0 aliphatic carbocycles. The van der Waals surface area contributed by atoms with E-state index in [1.54, 1.807) is 6.07 Å². The van der Waals surface area contributed by atoms with E-state index in [0.717, 1.165) is 24.4 Å². The predicted molar refractivity (Wildman–Crippen MR) is 77.8 cm³/mol. The molecule has 0 spiro atoms. The van der Waals surface area contributed by atoms with Crippen LogP contribution in [-0.2, 0) is 6.42 Å². The van der Waals surface area contributed by atoms with Gasteiger partial charge in [-0.1, -0.05) is 17.7 Å². The molecule has 0 atom stereocenters. The minimum absolute atomic E-state index is 0.397. The van der Waals surface area contributed by atoms with E-state index in [9.17, 15) is 4.79 Å². The maximum atomic E-state index is 11.0. The Balaban J connectivity index is 2.00. The third-order valence-corrected chi connectivity index (χ3v) is 4.52. The summed E-state index contributed by atoms with van der Waals surface area (Å²) in [5, 5.41) is 10.0. The van der Waals surface area contributed by atoms with Crippen LogP contribution in [0.4, 0.5) is 10.7 Å². The number of carboxylic acid groups (broad SMARTS) is 1. The molecule has 1 aromatic heterocycles. The van der Waals surface area contributed by atoms with Gasteiger partial charge in [-0.3, -0.25) is 0 Å². The summed E-state index contributed by atoms with van der Waals surface area (Å²) < 4.78 is 0. The number of carbonyl (C=O) groups is 1. The van der Waals surface area contributed by atoms with Crippen LogP contribution in [0.1, 0.15) is 27.2 Å². The van der Waals surface area contributed by atoms with E-state index < -0.39 is 5.97 Å². The van der Waals surface area contributed by atoms with Crippen molar-refractivity contribution >= 4 is 28.0 Å². The number of rotatable bonds is 2. The normalized spacial score (nSPS) is 14.3. The van der Waals surface area contributed by atoms with E-state index in [4.69, 9.17) is 5.11 Å². The molecule has 1 aromatic carbocycles. The van der Waals surface area contributed by atoms with Crippen molar-refractivity contribution in [2.24, 2.45) is 0 Å². The van der Waals surface area contributed by atoms with E-state index >= 15 is 0 Å². The standard InChI is InChI=1S/C15H15NO2S/c1-10-4-5-12-11(9-10)3-2-8-16(12)14-7-6-13(19-14)15(17)18/h4-7,9H,2-3,8H2,1H3,(H,17,18). The molecule has 0 saturated carbocycles. The highest BCUT2D eigenvalue weighted by molar-refractivity contribution is 7.17. The molecule has 0 radical (unpaired) electrons. The summed E-state index contributed by atoms with van der Waals surface area (Å²) in [6.07, 6.45) is 2.21. The Bertz CT molecular complexity index is 633. The lowest BCUT2D eigenvalue weighted by Crippen LogP contribution is -2.23. The molecule has 4 heteroatoms. The lowest BCUT2D eigenvalue weighted by Gasteiger charge is -2.30. The predicted octanol–water partition coefficient (Wildman–Crippen LogP) is 3.84. The van der Waals surface area contributed by atoms with Gasteiger partial charge in [-0.15, -0.1) is 11.3 Å². The van der Waals surface area contributed by atoms with Gasteiger partial charge in [0, 0.05) is 12.2 Å². The van der Waals surface area contributed by atoms with Gasteiger partial charge in [0.25, 0.3) is 0 Å². The third-order valence-electron chi connectivity index (χ3n) is 3.42. The SMILES string of the molecule is Cc1ccc2c(c1)CCCN2c1ccc(C(=O)O)s1. The highest BCUT2D eigenvalue weighted by atomic mass is 32.1. The first-order chi connectivity index (χ1) is 9.15. The van der Waals surface area contributed by atoms with Crippen LogP contribution in [0.3, 0.4) is 0 Å².